The first kappa shape index (κ1) is 23.4. The van der Waals surface area contributed by atoms with E-state index in [2.05, 4.69) is 31.8 Å². The SMILES string of the molecule is CCOc1cc(/C=N/NC(=O)C(NC(=O)c2ccccc2)C(C)C)cc(Br)c1OC. The molecule has 0 aliphatic rings. The van der Waals surface area contributed by atoms with Crippen LogP contribution in [-0.2, 0) is 4.79 Å². The fourth-order valence-electron chi connectivity index (χ4n) is 2.71. The lowest BCUT2D eigenvalue weighted by molar-refractivity contribution is -0.123. The van der Waals surface area contributed by atoms with Gasteiger partial charge in [-0.1, -0.05) is 32.0 Å². The fraction of sp³-hybridized carbons (Fsp3) is 0.318. The highest BCUT2D eigenvalue weighted by Crippen LogP contribution is 2.36. The number of halogens is 1. The van der Waals surface area contributed by atoms with Crippen LogP contribution < -0.4 is 20.2 Å². The molecule has 1 atom stereocenters. The molecule has 7 nitrogen and oxygen atoms in total. The van der Waals surface area contributed by atoms with E-state index >= 15 is 0 Å². The summed E-state index contributed by atoms with van der Waals surface area (Å²) < 4.78 is 11.6. The number of hydrogen-bond acceptors (Lipinski definition) is 5. The number of hydrazone groups is 1. The van der Waals surface area contributed by atoms with Gasteiger partial charge in [0, 0.05) is 5.56 Å². The first-order valence-electron chi connectivity index (χ1n) is 9.56. The summed E-state index contributed by atoms with van der Waals surface area (Å²) in [6.45, 7) is 6.07. The first-order chi connectivity index (χ1) is 14.4. The van der Waals surface area contributed by atoms with Crippen molar-refractivity contribution in [3.8, 4) is 11.5 Å². The quantitative estimate of drug-likeness (QED) is 0.426. The molecule has 0 saturated heterocycles. The van der Waals surface area contributed by atoms with Gasteiger partial charge in [0.1, 0.15) is 6.04 Å². The number of nitrogens with zero attached hydrogens (tertiary/aromatic N) is 1. The molecule has 2 rings (SSSR count). The molecule has 0 aliphatic heterocycles. The van der Waals surface area contributed by atoms with E-state index in [1.807, 2.05) is 26.8 Å². The Bertz CT molecular complexity index is 901. The van der Waals surface area contributed by atoms with Gasteiger partial charge in [0.2, 0.25) is 0 Å². The predicted molar refractivity (Wildman–Crippen MR) is 120 cm³/mol. The van der Waals surface area contributed by atoms with Crippen LogP contribution in [0.4, 0.5) is 0 Å². The van der Waals surface area contributed by atoms with E-state index in [0.717, 1.165) is 0 Å². The van der Waals surface area contributed by atoms with E-state index in [1.165, 1.54) is 6.21 Å². The topological polar surface area (TPSA) is 89.0 Å². The summed E-state index contributed by atoms with van der Waals surface area (Å²) in [5.74, 6) is 0.323. The summed E-state index contributed by atoms with van der Waals surface area (Å²) >= 11 is 3.44. The molecule has 0 spiro atoms. The van der Waals surface area contributed by atoms with Crippen LogP contribution in [0.25, 0.3) is 0 Å². The lowest BCUT2D eigenvalue weighted by Crippen LogP contribution is -2.48. The van der Waals surface area contributed by atoms with Crippen molar-refractivity contribution in [3.05, 3.63) is 58.1 Å². The van der Waals surface area contributed by atoms with E-state index in [9.17, 15) is 9.59 Å². The second kappa shape index (κ2) is 11.3. The maximum absolute atomic E-state index is 12.6. The maximum atomic E-state index is 12.6. The molecule has 2 aromatic rings. The van der Waals surface area contributed by atoms with Crippen LogP contribution in [0.15, 0.2) is 52.0 Å². The molecular weight excluding hydrogens is 450 g/mol. The third kappa shape index (κ3) is 6.32. The second-order valence-electron chi connectivity index (χ2n) is 6.76. The van der Waals surface area contributed by atoms with Crippen molar-refractivity contribution in [2.75, 3.05) is 13.7 Å². The highest BCUT2D eigenvalue weighted by molar-refractivity contribution is 9.10. The number of ether oxygens (including phenoxy) is 2. The molecule has 0 aromatic heterocycles. The zero-order valence-corrected chi connectivity index (χ0v) is 19.0. The van der Waals surface area contributed by atoms with Crippen LogP contribution >= 0.6 is 15.9 Å². The molecule has 0 radical (unpaired) electrons. The molecule has 160 valence electrons. The molecule has 30 heavy (non-hydrogen) atoms. The Morgan fingerprint density at radius 2 is 1.90 bits per heavy atom. The minimum Gasteiger partial charge on any atom is -0.492 e. The molecule has 0 bridgehead atoms. The van der Waals surface area contributed by atoms with Gasteiger partial charge in [-0.3, -0.25) is 9.59 Å². The van der Waals surface area contributed by atoms with Gasteiger partial charge in [-0.05, 0) is 58.6 Å². The molecule has 0 aliphatic carbocycles. The van der Waals surface area contributed by atoms with Crippen LogP contribution in [0, 0.1) is 5.92 Å². The average molecular weight is 476 g/mol. The molecule has 1 unspecified atom stereocenters. The molecule has 0 heterocycles. The monoisotopic (exact) mass is 475 g/mol. The standard InChI is InChI=1S/C22H26BrN3O4/c1-5-30-18-12-15(11-17(23)20(18)29-4)13-24-26-22(28)19(14(2)3)25-21(27)16-9-7-6-8-10-16/h6-14,19H,5H2,1-4H3,(H,25,27)(H,26,28)/b24-13+. The van der Waals surface area contributed by atoms with E-state index in [-0.39, 0.29) is 11.8 Å². The Balaban J connectivity index is 2.08. The van der Waals surface area contributed by atoms with Gasteiger partial charge < -0.3 is 14.8 Å². The van der Waals surface area contributed by atoms with Crippen LogP contribution in [0.1, 0.15) is 36.7 Å². The summed E-state index contributed by atoms with van der Waals surface area (Å²) in [7, 11) is 1.56. The van der Waals surface area contributed by atoms with Gasteiger partial charge in [-0.2, -0.15) is 5.10 Å². The van der Waals surface area contributed by atoms with Crippen LogP contribution in [0.3, 0.4) is 0 Å². The van der Waals surface area contributed by atoms with E-state index in [4.69, 9.17) is 9.47 Å². The van der Waals surface area contributed by atoms with E-state index in [0.29, 0.717) is 33.7 Å². The Morgan fingerprint density at radius 3 is 2.50 bits per heavy atom. The van der Waals surface area contributed by atoms with Crippen molar-refractivity contribution >= 4 is 34.0 Å². The number of methoxy groups -OCH3 is 1. The number of rotatable bonds is 9. The zero-order valence-electron chi connectivity index (χ0n) is 17.4. The van der Waals surface area contributed by atoms with Crippen molar-refractivity contribution in [3.63, 3.8) is 0 Å². The van der Waals surface area contributed by atoms with E-state index < -0.39 is 11.9 Å². The largest absolute Gasteiger partial charge is 0.492 e. The number of amides is 2. The highest BCUT2D eigenvalue weighted by atomic mass is 79.9. The highest BCUT2D eigenvalue weighted by Gasteiger charge is 2.24. The summed E-state index contributed by atoms with van der Waals surface area (Å²) in [6.07, 6.45) is 1.50. The average Bonchev–Trinajstić information content (AvgIpc) is 2.72. The van der Waals surface area contributed by atoms with Gasteiger partial charge in [0.25, 0.3) is 11.8 Å². The third-order valence-electron chi connectivity index (χ3n) is 4.20. The zero-order chi connectivity index (χ0) is 22.1. The Kier molecular flexibility index (Phi) is 8.86. The first-order valence-corrected chi connectivity index (χ1v) is 10.4. The predicted octanol–water partition coefficient (Wildman–Crippen LogP) is 3.76. The van der Waals surface area contributed by atoms with Gasteiger partial charge in [0.05, 0.1) is 24.4 Å². The molecule has 2 aromatic carbocycles. The summed E-state index contributed by atoms with van der Waals surface area (Å²) in [4.78, 5) is 25.0. The van der Waals surface area contributed by atoms with Crippen molar-refractivity contribution in [2.24, 2.45) is 11.0 Å². The maximum Gasteiger partial charge on any atom is 0.262 e. The molecule has 2 N–H and O–H groups in total. The van der Waals surface area contributed by atoms with Crippen molar-refractivity contribution in [1.29, 1.82) is 0 Å². The number of benzene rings is 2. The second-order valence-corrected chi connectivity index (χ2v) is 7.62. The summed E-state index contributed by atoms with van der Waals surface area (Å²) in [6, 6.07) is 11.6. The molecular formula is C22H26BrN3O4. The summed E-state index contributed by atoms with van der Waals surface area (Å²) in [5.41, 5.74) is 3.70. The minimum absolute atomic E-state index is 0.118. The molecule has 0 saturated carbocycles. The van der Waals surface area contributed by atoms with Gasteiger partial charge in [-0.15, -0.1) is 0 Å². The van der Waals surface area contributed by atoms with E-state index in [1.54, 1.807) is 43.5 Å². The van der Waals surface area contributed by atoms with Crippen molar-refractivity contribution < 1.29 is 19.1 Å². The lowest BCUT2D eigenvalue weighted by Gasteiger charge is -2.20. The van der Waals surface area contributed by atoms with Crippen molar-refractivity contribution in [2.45, 2.75) is 26.8 Å². The molecule has 2 amide bonds. The Labute approximate surface area is 185 Å². The normalized spacial score (nSPS) is 11.9. The number of hydrogen-bond donors (Lipinski definition) is 2. The minimum atomic E-state index is -0.726. The van der Waals surface area contributed by atoms with Gasteiger partial charge in [0.15, 0.2) is 11.5 Å². The smallest absolute Gasteiger partial charge is 0.262 e. The third-order valence-corrected chi connectivity index (χ3v) is 4.78. The number of carbonyl (C=O) groups is 2. The van der Waals surface area contributed by atoms with Gasteiger partial charge in [-0.25, -0.2) is 5.43 Å². The Morgan fingerprint density at radius 1 is 1.20 bits per heavy atom. The molecule has 0 fully saturated rings. The van der Waals surface area contributed by atoms with Crippen LogP contribution in [0.2, 0.25) is 0 Å². The van der Waals surface area contributed by atoms with Crippen molar-refractivity contribution in [1.82, 2.24) is 10.7 Å². The van der Waals surface area contributed by atoms with Crippen LogP contribution in [-0.4, -0.2) is 37.8 Å². The summed E-state index contributed by atoms with van der Waals surface area (Å²) in [5, 5.41) is 6.79. The Hall–Kier alpha value is -2.87. The lowest BCUT2D eigenvalue weighted by atomic mass is 10.0. The van der Waals surface area contributed by atoms with Crippen LogP contribution in [0.5, 0.6) is 11.5 Å². The molecule has 8 heteroatoms. The fourth-order valence-corrected chi connectivity index (χ4v) is 3.33. The van der Waals surface area contributed by atoms with Gasteiger partial charge >= 0.3 is 0 Å². The number of nitrogens with one attached hydrogen (secondary N) is 2. The number of carbonyl (C=O) groups excluding carboxylic acids is 2.